The van der Waals surface area contributed by atoms with E-state index in [0.717, 1.165) is 0 Å². The van der Waals surface area contributed by atoms with Crippen molar-refractivity contribution < 1.29 is 9.21 Å². The second-order valence-electron chi connectivity index (χ2n) is 2.73. The van der Waals surface area contributed by atoms with Crippen molar-refractivity contribution in [2.24, 2.45) is 5.73 Å². The quantitative estimate of drug-likeness (QED) is 0.682. The van der Waals surface area contributed by atoms with Crippen molar-refractivity contribution >= 4 is 22.8 Å². The van der Waals surface area contributed by atoms with Gasteiger partial charge in [0.1, 0.15) is 5.58 Å². The molecule has 1 amide bonds. The Labute approximate surface area is 74.1 Å². The number of furan rings is 1. The van der Waals surface area contributed by atoms with Gasteiger partial charge in [0.25, 0.3) is 0 Å². The van der Waals surface area contributed by atoms with Gasteiger partial charge in [-0.25, -0.2) is 0 Å². The van der Waals surface area contributed by atoms with E-state index < -0.39 is 5.91 Å². The molecular formula is C9H8N2O2. The Morgan fingerprint density at radius 1 is 1.38 bits per heavy atom. The molecule has 0 saturated heterocycles. The van der Waals surface area contributed by atoms with Gasteiger partial charge in [0.05, 0.1) is 5.56 Å². The molecule has 0 aliphatic carbocycles. The van der Waals surface area contributed by atoms with Gasteiger partial charge < -0.3 is 15.9 Å². The Morgan fingerprint density at radius 3 is 2.85 bits per heavy atom. The van der Waals surface area contributed by atoms with Crippen LogP contribution in [0.3, 0.4) is 0 Å². The van der Waals surface area contributed by atoms with Crippen LogP contribution in [0.1, 0.15) is 10.4 Å². The number of amides is 1. The van der Waals surface area contributed by atoms with Crippen molar-refractivity contribution in [3.63, 3.8) is 0 Å². The van der Waals surface area contributed by atoms with Crippen molar-refractivity contribution in [2.45, 2.75) is 0 Å². The molecule has 1 aromatic carbocycles. The monoisotopic (exact) mass is 176 g/mol. The molecule has 0 bridgehead atoms. The highest BCUT2D eigenvalue weighted by Crippen LogP contribution is 2.23. The molecule has 4 heteroatoms. The van der Waals surface area contributed by atoms with Gasteiger partial charge in [-0.3, -0.25) is 4.79 Å². The van der Waals surface area contributed by atoms with E-state index in [2.05, 4.69) is 0 Å². The van der Waals surface area contributed by atoms with E-state index in [1.165, 1.54) is 0 Å². The highest BCUT2D eigenvalue weighted by Gasteiger charge is 2.09. The van der Waals surface area contributed by atoms with E-state index in [9.17, 15) is 4.79 Å². The van der Waals surface area contributed by atoms with Crippen LogP contribution >= 0.6 is 0 Å². The number of primary amides is 1. The predicted molar refractivity (Wildman–Crippen MR) is 49.1 cm³/mol. The van der Waals surface area contributed by atoms with Crippen LogP contribution in [0.2, 0.25) is 0 Å². The second-order valence-corrected chi connectivity index (χ2v) is 2.73. The molecule has 13 heavy (non-hydrogen) atoms. The van der Waals surface area contributed by atoms with Crippen LogP contribution in [0.5, 0.6) is 0 Å². The van der Waals surface area contributed by atoms with Gasteiger partial charge in [-0.1, -0.05) is 6.07 Å². The first-order valence-electron chi connectivity index (χ1n) is 3.76. The number of carbonyl (C=O) groups is 1. The maximum absolute atomic E-state index is 11.0. The summed E-state index contributed by atoms with van der Waals surface area (Å²) in [6.07, 6.45) is 0. The SMILES string of the molecule is NC(=O)c1cccc2oc(N)cc12. The number of hydrogen-bond acceptors (Lipinski definition) is 3. The zero-order valence-electron chi connectivity index (χ0n) is 6.78. The molecule has 1 heterocycles. The number of nitrogen functional groups attached to an aromatic ring is 1. The van der Waals surface area contributed by atoms with Crippen molar-refractivity contribution in [2.75, 3.05) is 5.73 Å². The molecule has 0 aliphatic heterocycles. The number of carbonyl (C=O) groups excluding carboxylic acids is 1. The molecule has 66 valence electrons. The average Bonchev–Trinajstić information content (AvgIpc) is 2.43. The van der Waals surface area contributed by atoms with E-state index in [-0.39, 0.29) is 5.88 Å². The van der Waals surface area contributed by atoms with Crippen LogP contribution in [0.15, 0.2) is 28.7 Å². The molecule has 0 atom stereocenters. The summed E-state index contributed by atoms with van der Waals surface area (Å²) in [5.74, 6) is -0.199. The molecule has 2 rings (SSSR count). The number of nitrogens with two attached hydrogens (primary N) is 2. The third-order valence-corrected chi connectivity index (χ3v) is 1.85. The van der Waals surface area contributed by atoms with Gasteiger partial charge in [-0.15, -0.1) is 0 Å². The first kappa shape index (κ1) is 7.67. The zero-order valence-corrected chi connectivity index (χ0v) is 6.78. The van der Waals surface area contributed by atoms with Crippen LogP contribution in [0.4, 0.5) is 5.88 Å². The average molecular weight is 176 g/mol. The van der Waals surface area contributed by atoms with Crippen molar-refractivity contribution in [1.29, 1.82) is 0 Å². The second kappa shape index (κ2) is 2.52. The summed E-state index contributed by atoms with van der Waals surface area (Å²) in [5.41, 5.74) is 11.6. The Kier molecular flexibility index (Phi) is 1.48. The van der Waals surface area contributed by atoms with Crippen molar-refractivity contribution in [3.8, 4) is 0 Å². The summed E-state index contributed by atoms with van der Waals surface area (Å²) in [7, 11) is 0. The molecule has 1 aromatic heterocycles. The van der Waals surface area contributed by atoms with E-state index >= 15 is 0 Å². The van der Waals surface area contributed by atoms with Gasteiger partial charge in [0.2, 0.25) is 5.91 Å². The van der Waals surface area contributed by atoms with Gasteiger partial charge in [0.15, 0.2) is 5.88 Å². The van der Waals surface area contributed by atoms with E-state index in [1.54, 1.807) is 24.3 Å². The molecule has 2 aromatic rings. The van der Waals surface area contributed by atoms with E-state index in [1.807, 2.05) is 0 Å². The number of rotatable bonds is 1. The normalized spacial score (nSPS) is 10.5. The standard InChI is InChI=1S/C9H8N2O2/c10-8-4-6-5(9(11)12)2-1-3-7(6)13-8/h1-4H,10H2,(H2,11,12). The lowest BCUT2D eigenvalue weighted by Gasteiger charge is -1.94. The molecule has 0 aliphatic rings. The fraction of sp³-hybridized carbons (Fsp3) is 0. The lowest BCUT2D eigenvalue weighted by Crippen LogP contribution is -2.10. The molecule has 0 saturated carbocycles. The number of benzene rings is 1. The molecule has 4 N–H and O–H groups in total. The lowest BCUT2D eigenvalue weighted by atomic mass is 10.1. The fourth-order valence-electron chi connectivity index (χ4n) is 1.30. The summed E-state index contributed by atoms with van der Waals surface area (Å²) >= 11 is 0. The smallest absolute Gasteiger partial charge is 0.249 e. The van der Waals surface area contributed by atoms with Gasteiger partial charge in [-0.05, 0) is 12.1 Å². The van der Waals surface area contributed by atoms with Gasteiger partial charge in [-0.2, -0.15) is 0 Å². The number of fused-ring (bicyclic) bond motifs is 1. The first-order valence-corrected chi connectivity index (χ1v) is 3.76. The summed E-state index contributed by atoms with van der Waals surface area (Å²) in [6.45, 7) is 0. The lowest BCUT2D eigenvalue weighted by molar-refractivity contribution is 0.100. The predicted octanol–water partition coefficient (Wildman–Crippen LogP) is 1.11. The third-order valence-electron chi connectivity index (χ3n) is 1.85. The van der Waals surface area contributed by atoms with E-state index in [0.29, 0.717) is 16.5 Å². The number of anilines is 1. The highest BCUT2D eigenvalue weighted by molar-refractivity contribution is 6.05. The topological polar surface area (TPSA) is 82.2 Å². The van der Waals surface area contributed by atoms with Crippen LogP contribution in [-0.4, -0.2) is 5.91 Å². The molecule has 0 spiro atoms. The summed E-state index contributed by atoms with van der Waals surface area (Å²) in [6, 6.07) is 6.67. The third kappa shape index (κ3) is 1.12. The minimum atomic E-state index is -0.480. The molecule has 0 unspecified atom stereocenters. The summed E-state index contributed by atoms with van der Waals surface area (Å²) in [5, 5.41) is 0.660. The minimum Gasteiger partial charge on any atom is -0.441 e. The summed E-state index contributed by atoms with van der Waals surface area (Å²) in [4.78, 5) is 11.0. The van der Waals surface area contributed by atoms with Gasteiger partial charge in [0, 0.05) is 11.5 Å². The number of hydrogen-bond donors (Lipinski definition) is 2. The van der Waals surface area contributed by atoms with Crippen LogP contribution in [0.25, 0.3) is 11.0 Å². The zero-order chi connectivity index (χ0) is 9.42. The molecule has 4 nitrogen and oxygen atoms in total. The molecular weight excluding hydrogens is 168 g/mol. The Balaban J connectivity index is 2.82. The maximum atomic E-state index is 11.0. The van der Waals surface area contributed by atoms with Crippen molar-refractivity contribution in [3.05, 3.63) is 29.8 Å². The maximum Gasteiger partial charge on any atom is 0.249 e. The van der Waals surface area contributed by atoms with Crippen LogP contribution in [-0.2, 0) is 0 Å². The largest absolute Gasteiger partial charge is 0.441 e. The Morgan fingerprint density at radius 2 is 2.15 bits per heavy atom. The molecule has 0 fully saturated rings. The van der Waals surface area contributed by atoms with E-state index in [4.69, 9.17) is 15.9 Å². The Bertz CT molecular complexity index is 473. The fourth-order valence-corrected chi connectivity index (χ4v) is 1.30. The summed E-state index contributed by atoms with van der Waals surface area (Å²) < 4.78 is 5.13. The van der Waals surface area contributed by atoms with Crippen LogP contribution < -0.4 is 11.5 Å². The van der Waals surface area contributed by atoms with Crippen LogP contribution in [0, 0.1) is 0 Å². The Hall–Kier alpha value is -1.97. The van der Waals surface area contributed by atoms with Gasteiger partial charge >= 0.3 is 0 Å². The first-order chi connectivity index (χ1) is 6.18. The van der Waals surface area contributed by atoms with Crippen molar-refractivity contribution in [1.82, 2.24) is 0 Å². The highest BCUT2D eigenvalue weighted by atomic mass is 16.3. The molecule has 0 radical (unpaired) electrons. The minimum absolute atomic E-state index is 0.281.